The Bertz CT molecular complexity index is 811. The molecule has 22 heavy (non-hydrogen) atoms. The summed E-state index contributed by atoms with van der Waals surface area (Å²) < 4.78 is 0. The number of nitrogens with one attached hydrogen (secondary N) is 1. The van der Waals surface area contributed by atoms with E-state index in [1.165, 1.54) is 11.3 Å². The van der Waals surface area contributed by atoms with E-state index in [0.29, 0.717) is 12.4 Å². The van der Waals surface area contributed by atoms with Gasteiger partial charge in [-0.3, -0.25) is 4.79 Å². The van der Waals surface area contributed by atoms with Crippen LogP contribution in [0.3, 0.4) is 0 Å². The molecule has 0 spiro atoms. The van der Waals surface area contributed by atoms with Gasteiger partial charge in [-0.2, -0.15) is 0 Å². The molecule has 6 nitrogen and oxygen atoms in total. The van der Waals surface area contributed by atoms with E-state index in [-0.39, 0.29) is 5.56 Å². The Morgan fingerprint density at radius 2 is 1.82 bits per heavy atom. The highest BCUT2D eigenvalue weighted by Gasteiger charge is 2.26. The molecule has 1 N–H and O–H groups in total. The van der Waals surface area contributed by atoms with Crippen LogP contribution in [0.5, 0.6) is 0 Å². The van der Waals surface area contributed by atoms with Crippen LogP contribution in [0, 0.1) is 13.8 Å². The maximum Gasteiger partial charge on any atom is 0.256 e. The minimum Gasteiger partial charge on any atom is -0.351 e. The fourth-order valence-electron chi connectivity index (χ4n) is 3.52. The van der Waals surface area contributed by atoms with E-state index in [2.05, 4.69) is 24.8 Å². The molecule has 0 fully saturated rings. The first-order chi connectivity index (χ1) is 10.6. The van der Waals surface area contributed by atoms with Gasteiger partial charge in [-0.05, 0) is 33.1 Å². The average molecular weight is 297 g/mol. The topological polar surface area (TPSA) is 74.8 Å². The standard InChI is InChI=1S/C16H19N5O/c1-9-17-13-5-3-4-11(13)15(19-9)21-7-6-14-12(8-21)16(22)20-10(2)18-14/h3-8H2,1-2H3,(H,18,20,22). The second kappa shape index (κ2) is 4.90. The number of aromatic amines is 1. The van der Waals surface area contributed by atoms with Crippen molar-refractivity contribution in [3.8, 4) is 0 Å². The fraction of sp³-hybridized carbons (Fsp3) is 0.500. The van der Waals surface area contributed by atoms with E-state index < -0.39 is 0 Å². The molecule has 0 unspecified atom stereocenters. The number of H-pyrrole nitrogens is 1. The molecule has 2 aliphatic rings. The van der Waals surface area contributed by atoms with Crippen LogP contribution in [0.4, 0.5) is 5.82 Å². The highest BCUT2D eigenvalue weighted by molar-refractivity contribution is 5.52. The number of aryl methyl sites for hydroxylation is 3. The highest BCUT2D eigenvalue weighted by atomic mass is 16.1. The predicted molar refractivity (Wildman–Crippen MR) is 83.1 cm³/mol. The van der Waals surface area contributed by atoms with Crippen LogP contribution in [-0.2, 0) is 25.8 Å². The van der Waals surface area contributed by atoms with Crippen molar-refractivity contribution in [2.75, 3.05) is 11.4 Å². The number of fused-ring (bicyclic) bond motifs is 2. The molecule has 0 saturated carbocycles. The van der Waals surface area contributed by atoms with Crippen LogP contribution >= 0.6 is 0 Å². The Kier molecular flexibility index (Phi) is 2.99. The summed E-state index contributed by atoms with van der Waals surface area (Å²) in [6.45, 7) is 5.21. The van der Waals surface area contributed by atoms with Gasteiger partial charge in [0.2, 0.25) is 0 Å². The van der Waals surface area contributed by atoms with Gasteiger partial charge in [0.15, 0.2) is 0 Å². The maximum atomic E-state index is 12.2. The summed E-state index contributed by atoms with van der Waals surface area (Å²) in [4.78, 5) is 30.9. The van der Waals surface area contributed by atoms with Gasteiger partial charge in [0.25, 0.3) is 5.56 Å². The van der Waals surface area contributed by atoms with Crippen LogP contribution in [0.15, 0.2) is 4.79 Å². The van der Waals surface area contributed by atoms with Gasteiger partial charge < -0.3 is 9.88 Å². The zero-order valence-electron chi connectivity index (χ0n) is 12.9. The lowest BCUT2D eigenvalue weighted by Gasteiger charge is -2.30. The molecule has 6 heteroatoms. The SMILES string of the molecule is Cc1nc2c(c(N3CCc4nc(C)[nH]c(=O)c4C3)n1)CCC2. The van der Waals surface area contributed by atoms with Crippen molar-refractivity contribution in [2.24, 2.45) is 0 Å². The molecule has 0 amide bonds. The summed E-state index contributed by atoms with van der Waals surface area (Å²) in [5.41, 5.74) is 4.14. The largest absolute Gasteiger partial charge is 0.351 e. The Morgan fingerprint density at radius 1 is 1.00 bits per heavy atom. The van der Waals surface area contributed by atoms with Crippen molar-refractivity contribution >= 4 is 5.82 Å². The third-order valence-electron chi connectivity index (χ3n) is 4.51. The lowest BCUT2D eigenvalue weighted by atomic mass is 10.1. The van der Waals surface area contributed by atoms with Crippen molar-refractivity contribution in [1.29, 1.82) is 0 Å². The number of anilines is 1. The lowest BCUT2D eigenvalue weighted by Crippen LogP contribution is -2.37. The van der Waals surface area contributed by atoms with Crippen molar-refractivity contribution < 1.29 is 0 Å². The average Bonchev–Trinajstić information content (AvgIpc) is 2.94. The van der Waals surface area contributed by atoms with Gasteiger partial charge in [-0.15, -0.1) is 0 Å². The zero-order chi connectivity index (χ0) is 15.3. The fourth-order valence-corrected chi connectivity index (χ4v) is 3.52. The monoisotopic (exact) mass is 297 g/mol. The second-order valence-electron chi connectivity index (χ2n) is 6.12. The van der Waals surface area contributed by atoms with Crippen LogP contribution < -0.4 is 10.5 Å². The molecule has 2 aromatic heterocycles. The smallest absolute Gasteiger partial charge is 0.256 e. The minimum absolute atomic E-state index is 0.0189. The molecule has 0 atom stereocenters. The molecule has 1 aliphatic heterocycles. The van der Waals surface area contributed by atoms with Gasteiger partial charge >= 0.3 is 0 Å². The summed E-state index contributed by atoms with van der Waals surface area (Å²) >= 11 is 0. The molecule has 1 aliphatic carbocycles. The number of hydrogen-bond acceptors (Lipinski definition) is 5. The molecule has 4 rings (SSSR count). The number of aromatic nitrogens is 4. The first-order valence-corrected chi connectivity index (χ1v) is 7.82. The first-order valence-electron chi connectivity index (χ1n) is 7.82. The van der Waals surface area contributed by atoms with Crippen molar-refractivity contribution in [3.05, 3.63) is 44.5 Å². The molecule has 0 bridgehead atoms. The van der Waals surface area contributed by atoms with Crippen LogP contribution in [-0.4, -0.2) is 26.5 Å². The molecular weight excluding hydrogens is 278 g/mol. The van der Waals surface area contributed by atoms with Gasteiger partial charge in [-0.25, -0.2) is 15.0 Å². The van der Waals surface area contributed by atoms with E-state index in [0.717, 1.165) is 55.1 Å². The molecular formula is C16H19N5O. The van der Waals surface area contributed by atoms with Crippen LogP contribution in [0.25, 0.3) is 0 Å². The molecule has 2 aromatic rings. The number of rotatable bonds is 1. The quantitative estimate of drug-likeness (QED) is 0.857. The van der Waals surface area contributed by atoms with E-state index in [1.54, 1.807) is 0 Å². The van der Waals surface area contributed by atoms with Crippen LogP contribution in [0.2, 0.25) is 0 Å². The predicted octanol–water partition coefficient (Wildman–Crippen LogP) is 1.23. The zero-order valence-corrected chi connectivity index (χ0v) is 12.9. The van der Waals surface area contributed by atoms with Crippen molar-refractivity contribution in [3.63, 3.8) is 0 Å². The Balaban J connectivity index is 1.76. The van der Waals surface area contributed by atoms with Gasteiger partial charge in [0.1, 0.15) is 17.5 Å². The Morgan fingerprint density at radius 3 is 2.68 bits per heavy atom. The second-order valence-corrected chi connectivity index (χ2v) is 6.12. The summed E-state index contributed by atoms with van der Waals surface area (Å²) in [6, 6.07) is 0. The van der Waals surface area contributed by atoms with E-state index in [9.17, 15) is 4.79 Å². The highest BCUT2D eigenvalue weighted by Crippen LogP contribution is 2.30. The van der Waals surface area contributed by atoms with Crippen LogP contribution in [0.1, 0.15) is 40.6 Å². The third kappa shape index (κ3) is 2.10. The van der Waals surface area contributed by atoms with E-state index in [1.807, 2.05) is 13.8 Å². The minimum atomic E-state index is -0.0189. The van der Waals surface area contributed by atoms with Crippen molar-refractivity contribution in [2.45, 2.75) is 46.1 Å². The Labute approximate surface area is 128 Å². The van der Waals surface area contributed by atoms with Gasteiger partial charge in [0.05, 0.1) is 17.8 Å². The van der Waals surface area contributed by atoms with Gasteiger partial charge in [0, 0.05) is 24.2 Å². The molecule has 0 saturated heterocycles. The summed E-state index contributed by atoms with van der Waals surface area (Å²) in [5.74, 6) is 2.53. The normalized spacial score (nSPS) is 16.5. The lowest BCUT2D eigenvalue weighted by molar-refractivity contribution is 0.677. The van der Waals surface area contributed by atoms with E-state index in [4.69, 9.17) is 0 Å². The maximum absolute atomic E-state index is 12.2. The number of hydrogen-bond donors (Lipinski definition) is 1. The summed E-state index contributed by atoms with van der Waals surface area (Å²) in [7, 11) is 0. The molecule has 0 aromatic carbocycles. The summed E-state index contributed by atoms with van der Waals surface area (Å²) in [6.07, 6.45) is 4.01. The van der Waals surface area contributed by atoms with Gasteiger partial charge in [-0.1, -0.05) is 0 Å². The molecule has 114 valence electrons. The summed E-state index contributed by atoms with van der Waals surface area (Å²) in [5, 5.41) is 0. The van der Waals surface area contributed by atoms with E-state index >= 15 is 0 Å². The number of nitrogens with zero attached hydrogens (tertiary/aromatic N) is 4. The third-order valence-corrected chi connectivity index (χ3v) is 4.51. The molecule has 3 heterocycles. The van der Waals surface area contributed by atoms with Crippen molar-refractivity contribution in [1.82, 2.24) is 19.9 Å². The molecule has 0 radical (unpaired) electrons. The first kappa shape index (κ1) is 13.4. The Hall–Kier alpha value is -2.24.